The number of nitrogens with one attached hydrogen (secondary N) is 1. The van der Waals surface area contributed by atoms with E-state index in [2.05, 4.69) is 33.5 Å². The summed E-state index contributed by atoms with van der Waals surface area (Å²) in [6.45, 7) is 7.33. The van der Waals surface area contributed by atoms with E-state index in [4.69, 9.17) is 16.3 Å². The summed E-state index contributed by atoms with van der Waals surface area (Å²) in [6, 6.07) is 13.1. The van der Waals surface area contributed by atoms with Crippen LogP contribution >= 0.6 is 11.6 Å². The first-order chi connectivity index (χ1) is 16.8. The van der Waals surface area contributed by atoms with Crippen LogP contribution in [0.5, 0.6) is 5.75 Å². The highest BCUT2D eigenvalue weighted by molar-refractivity contribution is 6.32. The highest BCUT2D eigenvalue weighted by Crippen LogP contribution is 2.30. The van der Waals surface area contributed by atoms with Crippen LogP contribution in [0.4, 0.5) is 4.79 Å². The van der Waals surface area contributed by atoms with Gasteiger partial charge in [-0.3, -0.25) is 4.79 Å². The predicted octanol–water partition coefficient (Wildman–Crippen LogP) is 5.36. The Kier molecular flexibility index (Phi) is 7.66. The molecule has 35 heavy (non-hydrogen) atoms. The van der Waals surface area contributed by atoms with E-state index in [9.17, 15) is 9.59 Å². The number of rotatable bonds is 5. The smallest absolute Gasteiger partial charge is 0.409 e. The van der Waals surface area contributed by atoms with Crippen molar-refractivity contribution in [3.05, 3.63) is 87.5 Å². The number of hydrogen-bond acceptors (Lipinski definition) is 5. The molecule has 1 N–H and O–H groups in total. The van der Waals surface area contributed by atoms with Crippen molar-refractivity contribution in [1.82, 2.24) is 20.2 Å². The molecule has 0 atom stereocenters. The first-order valence-electron chi connectivity index (χ1n) is 11.7. The zero-order chi connectivity index (χ0) is 24.9. The molecule has 0 aliphatic carbocycles. The predicted molar refractivity (Wildman–Crippen MR) is 135 cm³/mol. The maximum absolute atomic E-state index is 13.1. The molecule has 3 aromatic rings. The molecule has 1 aliphatic heterocycles. The largest absolute Gasteiger partial charge is 0.415 e. The third-order valence-electron chi connectivity index (χ3n) is 6.09. The lowest BCUT2D eigenvalue weighted by molar-refractivity contribution is 0.0946. The zero-order valence-electron chi connectivity index (χ0n) is 20.2. The van der Waals surface area contributed by atoms with Gasteiger partial charge in [0.15, 0.2) is 5.75 Å². The average Bonchev–Trinajstić information content (AvgIpc) is 2.83. The van der Waals surface area contributed by atoms with Gasteiger partial charge in [-0.05, 0) is 51.3 Å². The summed E-state index contributed by atoms with van der Waals surface area (Å²) in [5.74, 6) is 0.810. The van der Waals surface area contributed by atoms with E-state index in [-0.39, 0.29) is 11.8 Å². The molecule has 0 spiro atoms. The first kappa shape index (κ1) is 24.7. The molecule has 2 aromatic carbocycles. The molecular formula is C27H29ClN4O3. The van der Waals surface area contributed by atoms with Crippen LogP contribution in [0.1, 0.15) is 57.3 Å². The van der Waals surface area contributed by atoms with Crippen molar-refractivity contribution in [1.29, 1.82) is 0 Å². The second-order valence-corrected chi connectivity index (χ2v) is 9.36. The van der Waals surface area contributed by atoms with Crippen molar-refractivity contribution in [3.63, 3.8) is 0 Å². The fourth-order valence-corrected chi connectivity index (χ4v) is 4.62. The number of ether oxygens (including phenoxy) is 1. The summed E-state index contributed by atoms with van der Waals surface area (Å²) in [7, 11) is 0. The van der Waals surface area contributed by atoms with Crippen LogP contribution in [-0.2, 0) is 6.54 Å². The number of carbonyl (C=O) groups is 2. The number of carbonyl (C=O) groups excluding carboxylic acids is 2. The maximum atomic E-state index is 13.1. The number of likely N-dealkylation sites (tertiary alicyclic amines) is 1. The number of aryl methyl sites for hydroxylation is 3. The fourth-order valence-electron chi connectivity index (χ4n) is 4.44. The van der Waals surface area contributed by atoms with E-state index in [0.717, 1.165) is 22.4 Å². The van der Waals surface area contributed by atoms with Gasteiger partial charge in [0.2, 0.25) is 0 Å². The summed E-state index contributed by atoms with van der Waals surface area (Å²) in [5, 5.41) is 3.40. The Balaban J connectivity index is 1.41. The van der Waals surface area contributed by atoms with E-state index in [0.29, 0.717) is 54.6 Å². The lowest BCUT2D eigenvalue weighted by Gasteiger charge is -2.31. The molecule has 8 heteroatoms. The number of nitrogens with zero attached hydrogens (tertiary/aromatic N) is 3. The lowest BCUT2D eigenvalue weighted by Crippen LogP contribution is -2.40. The fraction of sp³-hybridized carbons (Fsp3) is 0.333. The van der Waals surface area contributed by atoms with E-state index in [1.807, 2.05) is 20.8 Å². The summed E-state index contributed by atoms with van der Waals surface area (Å²) in [4.78, 5) is 36.3. The van der Waals surface area contributed by atoms with Crippen molar-refractivity contribution >= 4 is 23.6 Å². The summed E-state index contributed by atoms with van der Waals surface area (Å²) in [6.07, 6.45) is 2.52. The standard InChI is InChI=1S/C27H29ClN4O3/c1-17-12-18(2)14-20(13-17)15-30-26(33)22-16-29-19(3)31-25(22)21-8-10-32(11-9-21)27(34)35-24-7-5-4-6-23(24)28/h4-7,12-14,16,21H,8-11,15H2,1-3H3,(H,30,33). The number of halogens is 1. The van der Waals surface area contributed by atoms with Gasteiger partial charge in [0, 0.05) is 31.7 Å². The van der Waals surface area contributed by atoms with Gasteiger partial charge in [-0.1, -0.05) is 53.1 Å². The number of benzene rings is 2. The second kappa shape index (κ2) is 10.9. The minimum Gasteiger partial charge on any atom is -0.409 e. The zero-order valence-corrected chi connectivity index (χ0v) is 20.9. The van der Waals surface area contributed by atoms with Crippen LogP contribution in [0.2, 0.25) is 5.02 Å². The van der Waals surface area contributed by atoms with E-state index in [1.165, 1.54) is 0 Å². The van der Waals surface area contributed by atoms with Gasteiger partial charge in [-0.25, -0.2) is 14.8 Å². The third-order valence-corrected chi connectivity index (χ3v) is 6.40. The molecule has 2 heterocycles. The quantitative estimate of drug-likeness (QED) is 0.518. The molecule has 0 radical (unpaired) electrons. The van der Waals surface area contributed by atoms with Crippen LogP contribution in [-0.4, -0.2) is 40.0 Å². The van der Waals surface area contributed by atoms with Crippen molar-refractivity contribution < 1.29 is 14.3 Å². The first-order valence-corrected chi connectivity index (χ1v) is 12.1. The normalized spacial score (nSPS) is 14.0. The van der Waals surface area contributed by atoms with Gasteiger partial charge in [0.1, 0.15) is 5.82 Å². The van der Waals surface area contributed by atoms with Crippen LogP contribution in [0.15, 0.2) is 48.7 Å². The summed E-state index contributed by atoms with van der Waals surface area (Å²) in [5.41, 5.74) is 4.59. The SMILES string of the molecule is Cc1cc(C)cc(CNC(=O)c2cnc(C)nc2C2CCN(C(=O)Oc3ccccc3Cl)CC2)c1. The van der Waals surface area contributed by atoms with Gasteiger partial charge in [-0.2, -0.15) is 0 Å². The molecule has 7 nitrogen and oxygen atoms in total. The molecule has 1 fully saturated rings. The second-order valence-electron chi connectivity index (χ2n) is 8.95. The molecule has 1 aliphatic rings. The Bertz CT molecular complexity index is 1220. The minimum atomic E-state index is -0.429. The molecule has 0 saturated carbocycles. The number of hydrogen-bond donors (Lipinski definition) is 1. The topological polar surface area (TPSA) is 84.4 Å². The van der Waals surface area contributed by atoms with Crippen molar-refractivity contribution in [3.8, 4) is 5.75 Å². The number of amides is 2. The van der Waals surface area contributed by atoms with Gasteiger partial charge in [-0.15, -0.1) is 0 Å². The molecule has 182 valence electrons. The van der Waals surface area contributed by atoms with Gasteiger partial charge in [0.05, 0.1) is 16.3 Å². The average molecular weight is 493 g/mol. The van der Waals surface area contributed by atoms with Crippen LogP contribution < -0.4 is 10.1 Å². The van der Waals surface area contributed by atoms with Gasteiger partial charge in [0.25, 0.3) is 5.91 Å². The molecule has 1 aromatic heterocycles. The number of piperidine rings is 1. The molecule has 2 amide bonds. The number of para-hydroxylation sites is 1. The Hall–Kier alpha value is -3.45. The molecular weight excluding hydrogens is 464 g/mol. The van der Waals surface area contributed by atoms with Crippen molar-refractivity contribution in [2.24, 2.45) is 0 Å². The Morgan fingerprint density at radius 2 is 1.77 bits per heavy atom. The highest BCUT2D eigenvalue weighted by atomic mass is 35.5. The summed E-state index contributed by atoms with van der Waals surface area (Å²) < 4.78 is 5.46. The van der Waals surface area contributed by atoms with Gasteiger partial charge >= 0.3 is 6.09 Å². The Morgan fingerprint density at radius 1 is 1.09 bits per heavy atom. The van der Waals surface area contributed by atoms with Crippen molar-refractivity contribution in [2.75, 3.05) is 13.1 Å². The van der Waals surface area contributed by atoms with Crippen molar-refractivity contribution in [2.45, 2.75) is 46.1 Å². The molecule has 4 rings (SSSR count). The Morgan fingerprint density at radius 3 is 2.46 bits per heavy atom. The Labute approximate surface area is 210 Å². The van der Waals surface area contributed by atoms with Crippen LogP contribution in [0.25, 0.3) is 0 Å². The lowest BCUT2D eigenvalue weighted by atomic mass is 9.90. The molecule has 1 saturated heterocycles. The highest BCUT2D eigenvalue weighted by Gasteiger charge is 2.29. The van der Waals surface area contributed by atoms with Crippen LogP contribution in [0.3, 0.4) is 0 Å². The monoisotopic (exact) mass is 492 g/mol. The minimum absolute atomic E-state index is 0.0445. The third kappa shape index (κ3) is 6.17. The van der Waals surface area contributed by atoms with E-state index in [1.54, 1.807) is 35.4 Å². The number of aromatic nitrogens is 2. The summed E-state index contributed by atoms with van der Waals surface area (Å²) >= 11 is 6.10. The van der Waals surface area contributed by atoms with Crippen LogP contribution in [0, 0.1) is 20.8 Å². The van der Waals surface area contributed by atoms with Gasteiger partial charge < -0.3 is 15.0 Å². The maximum Gasteiger partial charge on any atom is 0.415 e. The molecule has 0 bridgehead atoms. The molecule has 0 unspecified atom stereocenters. The van der Waals surface area contributed by atoms with E-state index >= 15 is 0 Å². The van der Waals surface area contributed by atoms with E-state index < -0.39 is 6.09 Å².